The van der Waals surface area contributed by atoms with E-state index in [9.17, 15) is 14.4 Å². The van der Waals surface area contributed by atoms with Crippen molar-refractivity contribution in [3.63, 3.8) is 0 Å². The molecule has 6 nitrogen and oxygen atoms in total. The molecule has 0 fully saturated rings. The van der Waals surface area contributed by atoms with Crippen LogP contribution in [0, 0.1) is 0 Å². The molecule has 0 saturated carbocycles. The van der Waals surface area contributed by atoms with Gasteiger partial charge >= 0.3 is 17.9 Å². The first kappa shape index (κ1) is 76.1. The Balaban J connectivity index is 4.34. The van der Waals surface area contributed by atoms with Gasteiger partial charge in [0.25, 0.3) is 0 Å². The van der Waals surface area contributed by atoms with Crippen LogP contribution >= 0.6 is 0 Å². The number of rotatable bonds is 61. The highest BCUT2D eigenvalue weighted by molar-refractivity contribution is 5.71. The standard InChI is InChI=1S/C74H126O6/c1-4-7-10-13-16-19-22-25-27-29-31-33-35-37-39-41-43-45-47-49-52-55-58-61-64-67-73(76)79-70-71(69-78-72(75)66-63-60-57-54-51-24-21-18-15-12-9-6-3)80-74(77)68-65-62-59-56-53-50-48-46-44-42-40-38-36-34-32-30-28-26-23-20-17-14-11-8-5-2/h7,10,16,19,23,25-27,30-33,36-39,43,45,71H,4-6,8-9,11-15,17-18,20-22,24,28-29,34-35,40-42,44,46-70H2,1-3H3/b10-7-,19-16-,26-23-,27-25-,32-30-,33-31-,38-36-,39-37-,45-43-. The maximum atomic E-state index is 12.9. The van der Waals surface area contributed by atoms with E-state index in [1.807, 2.05) is 0 Å². The molecule has 0 aromatic heterocycles. The quantitative estimate of drug-likeness (QED) is 0.0261. The first-order valence-corrected chi connectivity index (χ1v) is 33.9. The number of allylic oxidation sites excluding steroid dienone is 18. The lowest BCUT2D eigenvalue weighted by atomic mass is 10.0. The zero-order valence-electron chi connectivity index (χ0n) is 52.6. The Labute approximate surface area is 495 Å². The van der Waals surface area contributed by atoms with Crippen molar-refractivity contribution in [1.82, 2.24) is 0 Å². The molecular formula is C74H126O6. The van der Waals surface area contributed by atoms with Crippen molar-refractivity contribution in [2.24, 2.45) is 0 Å². The summed E-state index contributed by atoms with van der Waals surface area (Å²) in [4.78, 5) is 38.4. The molecule has 0 aliphatic heterocycles. The molecule has 458 valence electrons. The van der Waals surface area contributed by atoms with Gasteiger partial charge in [-0.2, -0.15) is 0 Å². The lowest BCUT2D eigenvalue weighted by Crippen LogP contribution is -2.30. The van der Waals surface area contributed by atoms with Crippen molar-refractivity contribution in [3.05, 3.63) is 109 Å². The summed E-state index contributed by atoms with van der Waals surface area (Å²) in [6, 6.07) is 0. The molecule has 0 N–H and O–H groups in total. The highest BCUT2D eigenvalue weighted by Gasteiger charge is 2.19. The van der Waals surface area contributed by atoms with Crippen LogP contribution in [0.4, 0.5) is 0 Å². The molecule has 0 spiro atoms. The van der Waals surface area contributed by atoms with Gasteiger partial charge in [0.1, 0.15) is 13.2 Å². The number of ether oxygens (including phenoxy) is 3. The molecule has 0 heterocycles. The van der Waals surface area contributed by atoms with Crippen LogP contribution in [0.15, 0.2) is 109 Å². The molecule has 0 aliphatic rings. The lowest BCUT2D eigenvalue weighted by Gasteiger charge is -2.18. The van der Waals surface area contributed by atoms with Gasteiger partial charge in [0, 0.05) is 19.3 Å². The van der Waals surface area contributed by atoms with Crippen LogP contribution in [0.1, 0.15) is 323 Å². The fourth-order valence-corrected chi connectivity index (χ4v) is 9.45. The van der Waals surface area contributed by atoms with Crippen molar-refractivity contribution in [2.45, 2.75) is 329 Å². The highest BCUT2D eigenvalue weighted by Crippen LogP contribution is 2.16. The SMILES string of the molecule is CC/C=C\C/C=C\C/C=C\C/C=C\C/C=C\C/C=C\CCCCCCCCC(=O)OCC(COC(=O)CCCCCCCCCCCCCC)OC(=O)CCCCCCCCCCCC/C=C\C/C=C\C/C=C\CCCCCCC. The van der Waals surface area contributed by atoms with Gasteiger partial charge in [0.05, 0.1) is 0 Å². The minimum absolute atomic E-state index is 0.0827. The summed E-state index contributed by atoms with van der Waals surface area (Å²) in [5.74, 6) is -0.892. The molecular weight excluding hydrogens is 985 g/mol. The maximum absolute atomic E-state index is 12.9. The summed E-state index contributed by atoms with van der Waals surface area (Å²) >= 11 is 0. The number of hydrogen-bond acceptors (Lipinski definition) is 6. The average Bonchev–Trinajstić information content (AvgIpc) is 3.46. The average molecular weight is 1110 g/mol. The minimum atomic E-state index is -0.788. The Bertz CT molecular complexity index is 1610. The first-order chi connectivity index (χ1) is 39.5. The second kappa shape index (κ2) is 67.6. The van der Waals surface area contributed by atoms with Crippen molar-refractivity contribution in [3.8, 4) is 0 Å². The van der Waals surface area contributed by atoms with Crippen molar-refractivity contribution in [1.29, 1.82) is 0 Å². The number of esters is 3. The van der Waals surface area contributed by atoms with Gasteiger partial charge in [-0.15, -0.1) is 0 Å². The molecule has 0 bridgehead atoms. The largest absolute Gasteiger partial charge is 0.462 e. The molecule has 0 radical (unpaired) electrons. The first-order valence-electron chi connectivity index (χ1n) is 33.9. The van der Waals surface area contributed by atoms with Crippen LogP contribution in [-0.2, 0) is 28.6 Å². The van der Waals surface area contributed by atoms with E-state index in [4.69, 9.17) is 14.2 Å². The fraction of sp³-hybridized carbons (Fsp3) is 0.716. The van der Waals surface area contributed by atoms with E-state index in [0.717, 1.165) is 122 Å². The molecule has 1 atom stereocenters. The predicted molar refractivity (Wildman–Crippen MR) is 348 cm³/mol. The molecule has 0 aliphatic carbocycles. The smallest absolute Gasteiger partial charge is 0.306 e. The number of carbonyl (C=O) groups excluding carboxylic acids is 3. The Hall–Kier alpha value is -3.93. The van der Waals surface area contributed by atoms with Crippen LogP contribution < -0.4 is 0 Å². The Morgan fingerprint density at radius 3 is 0.762 bits per heavy atom. The lowest BCUT2D eigenvalue weighted by molar-refractivity contribution is -0.167. The van der Waals surface area contributed by atoms with Crippen molar-refractivity contribution >= 4 is 17.9 Å². The van der Waals surface area contributed by atoms with Crippen LogP contribution in [0.25, 0.3) is 0 Å². The van der Waals surface area contributed by atoms with E-state index in [1.165, 1.54) is 161 Å². The normalized spacial score (nSPS) is 12.8. The van der Waals surface area contributed by atoms with E-state index in [0.29, 0.717) is 19.3 Å². The van der Waals surface area contributed by atoms with Crippen LogP contribution in [0.2, 0.25) is 0 Å². The summed E-state index contributed by atoms with van der Waals surface area (Å²) in [5, 5.41) is 0. The predicted octanol–water partition coefficient (Wildman–Crippen LogP) is 23.4. The fourth-order valence-electron chi connectivity index (χ4n) is 9.45. The minimum Gasteiger partial charge on any atom is -0.462 e. The van der Waals surface area contributed by atoms with Gasteiger partial charge in [-0.3, -0.25) is 14.4 Å². The van der Waals surface area contributed by atoms with Gasteiger partial charge in [-0.1, -0.05) is 304 Å². The monoisotopic (exact) mass is 1110 g/mol. The second-order valence-corrected chi connectivity index (χ2v) is 22.4. The third kappa shape index (κ3) is 64.9. The number of hydrogen-bond donors (Lipinski definition) is 0. The van der Waals surface area contributed by atoms with E-state index >= 15 is 0 Å². The van der Waals surface area contributed by atoms with Crippen molar-refractivity contribution in [2.75, 3.05) is 13.2 Å². The second-order valence-electron chi connectivity index (χ2n) is 22.4. The molecule has 1 unspecified atom stereocenters. The summed E-state index contributed by atoms with van der Waals surface area (Å²) in [6.45, 7) is 6.52. The molecule has 80 heavy (non-hydrogen) atoms. The summed E-state index contributed by atoms with van der Waals surface area (Å²) in [7, 11) is 0. The number of unbranched alkanes of at least 4 members (excludes halogenated alkanes) is 32. The zero-order chi connectivity index (χ0) is 57.8. The van der Waals surface area contributed by atoms with E-state index in [-0.39, 0.29) is 31.1 Å². The third-order valence-corrected chi connectivity index (χ3v) is 14.5. The summed E-state index contributed by atoms with van der Waals surface area (Å²) < 4.78 is 16.9. The van der Waals surface area contributed by atoms with Crippen molar-refractivity contribution < 1.29 is 28.6 Å². The van der Waals surface area contributed by atoms with Crippen LogP contribution in [0.5, 0.6) is 0 Å². The molecule has 0 aromatic rings. The number of carbonyl (C=O) groups is 3. The maximum Gasteiger partial charge on any atom is 0.306 e. The molecule has 0 rings (SSSR count). The van der Waals surface area contributed by atoms with E-state index in [1.54, 1.807) is 0 Å². The van der Waals surface area contributed by atoms with Crippen LogP contribution in [-0.4, -0.2) is 37.2 Å². The Kier molecular flexibility index (Phi) is 64.3. The molecule has 0 saturated heterocycles. The van der Waals surface area contributed by atoms with Gasteiger partial charge in [0.2, 0.25) is 0 Å². The van der Waals surface area contributed by atoms with Gasteiger partial charge in [-0.05, 0) is 109 Å². The van der Waals surface area contributed by atoms with Gasteiger partial charge < -0.3 is 14.2 Å². The molecule has 0 aromatic carbocycles. The Morgan fingerprint density at radius 2 is 0.487 bits per heavy atom. The van der Waals surface area contributed by atoms with E-state index < -0.39 is 6.10 Å². The van der Waals surface area contributed by atoms with Gasteiger partial charge in [0.15, 0.2) is 6.10 Å². The Morgan fingerprint density at radius 1 is 0.263 bits per heavy atom. The summed E-state index contributed by atoms with van der Waals surface area (Å²) in [6.07, 6.45) is 92.4. The molecule has 0 amide bonds. The molecule has 6 heteroatoms. The third-order valence-electron chi connectivity index (χ3n) is 14.5. The zero-order valence-corrected chi connectivity index (χ0v) is 52.6. The van der Waals surface area contributed by atoms with E-state index in [2.05, 4.69) is 130 Å². The van der Waals surface area contributed by atoms with Gasteiger partial charge in [-0.25, -0.2) is 0 Å². The van der Waals surface area contributed by atoms with Crippen LogP contribution in [0.3, 0.4) is 0 Å². The summed E-state index contributed by atoms with van der Waals surface area (Å²) in [5.41, 5.74) is 0. The highest BCUT2D eigenvalue weighted by atomic mass is 16.6. The topological polar surface area (TPSA) is 78.9 Å².